The third-order valence-corrected chi connectivity index (χ3v) is 6.72. The van der Waals surface area contributed by atoms with Gasteiger partial charge in [-0.2, -0.15) is 0 Å². The van der Waals surface area contributed by atoms with Crippen molar-refractivity contribution in [3.8, 4) is 5.75 Å². The van der Waals surface area contributed by atoms with E-state index in [0.717, 1.165) is 5.56 Å². The minimum atomic E-state index is -4.06. The highest BCUT2D eigenvalue weighted by Crippen LogP contribution is 2.29. The zero-order valence-corrected chi connectivity index (χ0v) is 17.9. The number of nitrogens with zero attached hydrogens (tertiary/aromatic N) is 4. The van der Waals surface area contributed by atoms with Crippen molar-refractivity contribution < 1.29 is 17.5 Å². The van der Waals surface area contributed by atoms with Crippen LogP contribution in [0.25, 0.3) is 5.65 Å². The van der Waals surface area contributed by atoms with Crippen LogP contribution < -0.4 is 9.04 Å². The molecule has 2 aromatic heterocycles. The van der Waals surface area contributed by atoms with Gasteiger partial charge < -0.3 is 4.74 Å². The molecule has 2 heterocycles. The van der Waals surface area contributed by atoms with E-state index >= 15 is 0 Å². The molecule has 0 radical (unpaired) electrons. The van der Waals surface area contributed by atoms with E-state index in [0.29, 0.717) is 23.7 Å². The van der Waals surface area contributed by atoms with Crippen LogP contribution in [0.5, 0.6) is 5.75 Å². The molecule has 0 saturated carbocycles. The summed E-state index contributed by atoms with van der Waals surface area (Å²) in [6.45, 7) is 1.95. The van der Waals surface area contributed by atoms with Gasteiger partial charge in [0, 0.05) is 12.6 Å². The summed E-state index contributed by atoms with van der Waals surface area (Å²) >= 11 is 0. The van der Waals surface area contributed by atoms with E-state index in [2.05, 4.69) is 10.2 Å². The molecule has 31 heavy (non-hydrogen) atoms. The predicted octanol–water partition coefficient (Wildman–Crippen LogP) is 3.83. The van der Waals surface area contributed by atoms with Crippen molar-refractivity contribution in [2.45, 2.75) is 24.8 Å². The smallest absolute Gasteiger partial charge is 0.268 e. The quantitative estimate of drug-likeness (QED) is 0.437. The van der Waals surface area contributed by atoms with E-state index in [9.17, 15) is 12.8 Å². The number of pyridine rings is 1. The Morgan fingerprint density at radius 3 is 2.55 bits per heavy atom. The normalized spacial score (nSPS) is 11.6. The molecule has 9 heteroatoms. The van der Waals surface area contributed by atoms with Crippen LogP contribution in [0.15, 0.2) is 71.8 Å². The fourth-order valence-electron chi connectivity index (χ4n) is 3.36. The van der Waals surface area contributed by atoms with Crippen LogP contribution in [0.3, 0.4) is 0 Å². The van der Waals surface area contributed by atoms with Crippen LogP contribution >= 0.6 is 0 Å². The van der Waals surface area contributed by atoms with Gasteiger partial charge in [-0.15, -0.1) is 10.2 Å². The first kappa shape index (κ1) is 20.8. The number of aromatic nitrogens is 3. The number of methoxy groups -OCH3 is 1. The molecule has 0 bridgehead atoms. The number of halogens is 1. The van der Waals surface area contributed by atoms with Gasteiger partial charge in [-0.25, -0.2) is 12.8 Å². The highest BCUT2D eigenvalue weighted by Gasteiger charge is 2.29. The molecular formula is C22H21FN4O3S. The maximum Gasteiger partial charge on any atom is 0.268 e. The topological polar surface area (TPSA) is 76.8 Å². The highest BCUT2D eigenvalue weighted by atomic mass is 32.2. The molecule has 0 aliphatic carbocycles. The summed E-state index contributed by atoms with van der Waals surface area (Å²) in [5.74, 6) is 0.823. The van der Waals surface area contributed by atoms with E-state index < -0.39 is 15.8 Å². The second-order valence-electron chi connectivity index (χ2n) is 6.88. The largest absolute Gasteiger partial charge is 0.497 e. The molecule has 7 nitrogen and oxygen atoms in total. The summed E-state index contributed by atoms with van der Waals surface area (Å²) in [7, 11) is -2.51. The molecule has 0 saturated heterocycles. The molecule has 0 aliphatic rings. The van der Waals surface area contributed by atoms with Gasteiger partial charge in [0.05, 0.1) is 19.3 Å². The number of anilines is 1. The molecule has 0 amide bonds. The molecule has 0 N–H and O–H groups in total. The number of fused-ring (bicyclic) bond motifs is 1. The SMILES string of the molecule is CCc1nnc2c(S(=O)(=O)N(Cc3cccc(OC)c3)c3ccc(F)cc3)cccn12. The van der Waals surface area contributed by atoms with Gasteiger partial charge in [-0.3, -0.25) is 8.71 Å². The number of hydrogen-bond acceptors (Lipinski definition) is 5. The van der Waals surface area contributed by atoms with Crippen molar-refractivity contribution in [3.05, 3.63) is 84.1 Å². The summed E-state index contributed by atoms with van der Waals surface area (Å²) in [5, 5.41) is 8.21. The number of benzene rings is 2. The molecule has 4 aromatic rings. The lowest BCUT2D eigenvalue weighted by molar-refractivity contribution is 0.414. The van der Waals surface area contributed by atoms with Gasteiger partial charge in [0.15, 0.2) is 5.65 Å². The maximum absolute atomic E-state index is 13.8. The Kier molecular flexibility index (Phi) is 5.60. The third kappa shape index (κ3) is 3.96. The number of hydrogen-bond donors (Lipinski definition) is 0. The molecule has 0 fully saturated rings. The molecule has 0 aliphatic heterocycles. The fourth-order valence-corrected chi connectivity index (χ4v) is 4.94. The van der Waals surface area contributed by atoms with Gasteiger partial charge >= 0.3 is 0 Å². The monoisotopic (exact) mass is 440 g/mol. The van der Waals surface area contributed by atoms with Gasteiger partial charge in [0.2, 0.25) is 0 Å². The lowest BCUT2D eigenvalue weighted by atomic mass is 10.2. The molecule has 0 spiro atoms. The van der Waals surface area contributed by atoms with E-state index in [-0.39, 0.29) is 17.1 Å². The lowest BCUT2D eigenvalue weighted by Crippen LogP contribution is -2.31. The average molecular weight is 441 g/mol. The zero-order chi connectivity index (χ0) is 22.0. The minimum Gasteiger partial charge on any atom is -0.497 e. The van der Waals surface area contributed by atoms with Gasteiger partial charge in [-0.1, -0.05) is 19.1 Å². The molecular weight excluding hydrogens is 419 g/mol. The van der Waals surface area contributed by atoms with E-state index in [1.165, 1.54) is 34.6 Å². The van der Waals surface area contributed by atoms with Crippen molar-refractivity contribution in [2.75, 3.05) is 11.4 Å². The van der Waals surface area contributed by atoms with Crippen LogP contribution in [0.1, 0.15) is 18.3 Å². The number of rotatable bonds is 7. The first-order valence-electron chi connectivity index (χ1n) is 9.68. The van der Waals surface area contributed by atoms with Crippen LogP contribution in [0.2, 0.25) is 0 Å². The van der Waals surface area contributed by atoms with E-state index in [1.807, 2.05) is 6.92 Å². The molecule has 2 aromatic carbocycles. The Hall–Kier alpha value is -3.46. The molecule has 0 atom stereocenters. The van der Waals surface area contributed by atoms with Gasteiger partial charge in [-0.05, 0) is 54.1 Å². The first-order chi connectivity index (χ1) is 14.9. The van der Waals surface area contributed by atoms with Crippen LogP contribution in [-0.4, -0.2) is 30.1 Å². The summed E-state index contributed by atoms with van der Waals surface area (Å²) in [6, 6.07) is 15.6. The first-order valence-corrected chi connectivity index (χ1v) is 11.1. The van der Waals surface area contributed by atoms with Crippen molar-refractivity contribution in [3.63, 3.8) is 0 Å². The highest BCUT2D eigenvalue weighted by molar-refractivity contribution is 7.93. The van der Waals surface area contributed by atoms with E-state index in [4.69, 9.17) is 4.74 Å². The maximum atomic E-state index is 13.8. The lowest BCUT2D eigenvalue weighted by Gasteiger charge is -2.25. The van der Waals surface area contributed by atoms with Crippen LogP contribution in [0.4, 0.5) is 10.1 Å². The van der Waals surface area contributed by atoms with Crippen LogP contribution in [-0.2, 0) is 23.0 Å². The number of aryl methyl sites for hydroxylation is 1. The zero-order valence-electron chi connectivity index (χ0n) is 17.1. The average Bonchev–Trinajstić information content (AvgIpc) is 3.21. The third-order valence-electron chi connectivity index (χ3n) is 4.93. The molecule has 4 rings (SSSR count). The second kappa shape index (κ2) is 8.35. The van der Waals surface area contributed by atoms with Crippen molar-refractivity contribution >= 4 is 21.4 Å². The second-order valence-corrected chi connectivity index (χ2v) is 8.71. The predicted molar refractivity (Wildman–Crippen MR) is 115 cm³/mol. The Morgan fingerprint density at radius 1 is 1.06 bits per heavy atom. The number of sulfonamides is 1. The Labute approximate surface area is 179 Å². The Balaban J connectivity index is 1.86. The number of ether oxygens (including phenoxy) is 1. The van der Waals surface area contributed by atoms with Crippen molar-refractivity contribution in [2.24, 2.45) is 0 Å². The summed E-state index contributed by atoms with van der Waals surface area (Å²) < 4.78 is 49.3. The summed E-state index contributed by atoms with van der Waals surface area (Å²) in [6.07, 6.45) is 2.34. The van der Waals surface area contributed by atoms with E-state index in [1.54, 1.807) is 48.0 Å². The van der Waals surface area contributed by atoms with Crippen molar-refractivity contribution in [1.82, 2.24) is 14.6 Å². The minimum absolute atomic E-state index is 0.0226. The fraction of sp³-hybridized carbons (Fsp3) is 0.182. The molecule has 160 valence electrons. The standard InChI is InChI=1S/C22H21FN4O3S/c1-3-21-24-25-22-20(8-5-13-26(21)22)31(28,29)27(18-11-9-17(23)10-12-18)15-16-6-4-7-19(14-16)30-2/h4-14H,3,15H2,1-2H3. The Morgan fingerprint density at radius 2 is 1.84 bits per heavy atom. The van der Waals surface area contributed by atoms with Crippen LogP contribution in [0, 0.1) is 5.82 Å². The van der Waals surface area contributed by atoms with Gasteiger partial charge in [0.1, 0.15) is 22.3 Å². The van der Waals surface area contributed by atoms with Gasteiger partial charge in [0.25, 0.3) is 10.0 Å². The Bertz CT molecular complexity index is 1320. The molecule has 0 unspecified atom stereocenters. The summed E-state index contributed by atoms with van der Waals surface area (Å²) in [5.41, 5.74) is 1.30. The van der Waals surface area contributed by atoms with Crippen molar-refractivity contribution in [1.29, 1.82) is 0 Å². The summed E-state index contributed by atoms with van der Waals surface area (Å²) in [4.78, 5) is 0.0226.